The average molecular weight is 382 g/mol. The van der Waals surface area contributed by atoms with Crippen molar-refractivity contribution in [2.24, 2.45) is 0 Å². The van der Waals surface area contributed by atoms with E-state index in [1.807, 2.05) is 54.7 Å². The number of aromatic amines is 1. The Morgan fingerprint density at radius 2 is 1.79 bits per heavy atom. The first-order chi connectivity index (χ1) is 14.2. The molecule has 0 radical (unpaired) electrons. The van der Waals surface area contributed by atoms with E-state index in [4.69, 9.17) is 0 Å². The van der Waals surface area contributed by atoms with Crippen molar-refractivity contribution >= 4 is 28.5 Å². The summed E-state index contributed by atoms with van der Waals surface area (Å²) in [5.74, 6) is 0.0343. The van der Waals surface area contributed by atoms with Crippen LogP contribution in [-0.2, 0) is 4.79 Å². The van der Waals surface area contributed by atoms with Crippen molar-refractivity contribution in [3.05, 3.63) is 95.8 Å². The van der Waals surface area contributed by atoms with Gasteiger partial charge in [0.1, 0.15) is 12.4 Å². The zero-order valence-electron chi connectivity index (χ0n) is 15.5. The molecule has 0 saturated heterocycles. The standard InChI is InChI=1S/C23H18N4O2/c28-21(26-20-11-5-6-12-24-20)14-27-22(16-8-1-2-9-17(16)23(27)29)18-13-25-19-10-4-3-7-15(18)19/h1-13,22,25H,14H2,(H,24,26,28). The van der Waals surface area contributed by atoms with Crippen molar-refractivity contribution in [3.8, 4) is 0 Å². The van der Waals surface area contributed by atoms with Crippen molar-refractivity contribution in [1.82, 2.24) is 14.9 Å². The first-order valence-electron chi connectivity index (χ1n) is 9.39. The van der Waals surface area contributed by atoms with Gasteiger partial charge in [0.2, 0.25) is 5.91 Å². The van der Waals surface area contributed by atoms with Gasteiger partial charge in [0, 0.05) is 34.4 Å². The zero-order chi connectivity index (χ0) is 19.8. The lowest BCUT2D eigenvalue weighted by Crippen LogP contribution is -2.36. The van der Waals surface area contributed by atoms with Gasteiger partial charge in [0.25, 0.3) is 5.91 Å². The van der Waals surface area contributed by atoms with Gasteiger partial charge in [-0.1, -0.05) is 42.5 Å². The van der Waals surface area contributed by atoms with Crippen LogP contribution in [0.25, 0.3) is 10.9 Å². The quantitative estimate of drug-likeness (QED) is 0.564. The van der Waals surface area contributed by atoms with Crippen LogP contribution in [-0.4, -0.2) is 33.2 Å². The third kappa shape index (κ3) is 2.95. The molecule has 0 aliphatic carbocycles. The van der Waals surface area contributed by atoms with E-state index in [2.05, 4.69) is 15.3 Å². The number of hydrogen-bond acceptors (Lipinski definition) is 3. The molecule has 0 spiro atoms. The number of benzene rings is 2. The Morgan fingerprint density at radius 1 is 1.00 bits per heavy atom. The molecule has 2 amide bonds. The Hall–Kier alpha value is -3.93. The molecule has 2 N–H and O–H groups in total. The SMILES string of the molecule is O=C(CN1C(=O)c2ccccc2C1c1c[nH]c2ccccc12)Nc1ccccn1. The van der Waals surface area contributed by atoms with E-state index in [-0.39, 0.29) is 24.4 Å². The number of fused-ring (bicyclic) bond motifs is 2. The molecule has 0 bridgehead atoms. The molecule has 0 fully saturated rings. The molecular weight excluding hydrogens is 364 g/mol. The summed E-state index contributed by atoms with van der Waals surface area (Å²) in [6.07, 6.45) is 3.54. The number of pyridine rings is 1. The van der Waals surface area contributed by atoms with Crippen LogP contribution in [0.4, 0.5) is 5.82 Å². The minimum absolute atomic E-state index is 0.0612. The molecule has 1 aliphatic rings. The molecule has 6 nitrogen and oxygen atoms in total. The van der Waals surface area contributed by atoms with Gasteiger partial charge in [-0.3, -0.25) is 9.59 Å². The maximum absolute atomic E-state index is 13.1. The Balaban J connectivity index is 1.53. The monoisotopic (exact) mass is 382 g/mol. The summed E-state index contributed by atoms with van der Waals surface area (Å²) < 4.78 is 0. The van der Waals surface area contributed by atoms with Crippen LogP contribution in [0, 0.1) is 0 Å². The lowest BCUT2D eigenvalue weighted by Gasteiger charge is -2.24. The fourth-order valence-electron chi connectivity index (χ4n) is 3.96. The van der Waals surface area contributed by atoms with E-state index >= 15 is 0 Å². The molecule has 29 heavy (non-hydrogen) atoms. The summed E-state index contributed by atoms with van der Waals surface area (Å²) in [5, 5.41) is 3.81. The first-order valence-corrected chi connectivity index (χ1v) is 9.39. The molecule has 1 atom stereocenters. The number of amides is 2. The van der Waals surface area contributed by atoms with Crippen molar-refractivity contribution in [2.75, 3.05) is 11.9 Å². The number of nitrogens with zero attached hydrogens (tertiary/aromatic N) is 2. The van der Waals surface area contributed by atoms with Gasteiger partial charge in [0.05, 0.1) is 6.04 Å². The molecule has 1 unspecified atom stereocenters. The third-order valence-electron chi connectivity index (χ3n) is 5.22. The van der Waals surface area contributed by atoms with E-state index in [1.165, 1.54) is 0 Å². The van der Waals surface area contributed by atoms with E-state index in [1.54, 1.807) is 29.3 Å². The normalized spacial score (nSPS) is 15.5. The Kier molecular flexibility index (Phi) is 4.09. The van der Waals surface area contributed by atoms with Crippen LogP contribution in [0.5, 0.6) is 0 Å². The number of carbonyl (C=O) groups excluding carboxylic acids is 2. The second-order valence-electron chi connectivity index (χ2n) is 6.98. The summed E-state index contributed by atoms with van der Waals surface area (Å²) in [6.45, 7) is -0.0612. The van der Waals surface area contributed by atoms with Crippen molar-refractivity contribution < 1.29 is 9.59 Å². The molecule has 3 heterocycles. The molecule has 5 rings (SSSR count). The molecule has 142 valence electrons. The lowest BCUT2D eigenvalue weighted by atomic mass is 9.97. The number of hydrogen-bond donors (Lipinski definition) is 2. The van der Waals surface area contributed by atoms with Crippen LogP contribution in [0.2, 0.25) is 0 Å². The third-order valence-corrected chi connectivity index (χ3v) is 5.22. The summed E-state index contributed by atoms with van der Waals surface area (Å²) in [7, 11) is 0. The van der Waals surface area contributed by atoms with E-state index in [9.17, 15) is 9.59 Å². The van der Waals surface area contributed by atoms with Gasteiger partial charge in [0.15, 0.2) is 0 Å². The summed E-state index contributed by atoms with van der Waals surface area (Å²) in [4.78, 5) is 34.9. The minimum atomic E-state index is -0.329. The number of rotatable bonds is 4. The number of nitrogens with one attached hydrogen (secondary N) is 2. The van der Waals surface area contributed by atoms with Gasteiger partial charge in [-0.05, 0) is 29.8 Å². The highest BCUT2D eigenvalue weighted by atomic mass is 16.2. The van der Waals surface area contributed by atoms with Crippen LogP contribution in [0.3, 0.4) is 0 Å². The molecule has 0 saturated carbocycles. The smallest absolute Gasteiger partial charge is 0.255 e. The second kappa shape index (κ2) is 6.91. The molecule has 2 aromatic carbocycles. The lowest BCUT2D eigenvalue weighted by molar-refractivity contribution is -0.117. The summed E-state index contributed by atoms with van der Waals surface area (Å²) in [5.41, 5.74) is 3.52. The molecule has 1 aliphatic heterocycles. The van der Waals surface area contributed by atoms with Gasteiger partial charge in [-0.25, -0.2) is 4.98 Å². The number of aromatic nitrogens is 2. The number of carbonyl (C=O) groups is 2. The maximum atomic E-state index is 13.1. The highest BCUT2D eigenvalue weighted by Crippen LogP contribution is 2.40. The topological polar surface area (TPSA) is 78.1 Å². The number of H-pyrrole nitrogens is 1. The molecule has 2 aromatic heterocycles. The summed E-state index contributed by atoms with van der Waals surface area (Å²) >= 11 is 0. The molecular formula is C23H18N4O2. The van der Waals surface area contributed by atoms with Gasteiger partial charge in [-0.15, -0.1) is 0 Å². The predicted octanol–water partition coefficient (Wildman–Crippen LogP) is 3.75. The van der Waals surface area contributed by atoms with Crippen LogP contribution >= 0.6 is 0 Å². The Morgan fingerprint density at radius 3 is 2.66 bits per heavy atom. The fourth-order valence-corrected chi connectivity index (χ4v) is 3.96. The van der Waals surface area contributed by atoms with Gasteiger partial charge >= 0.3 is 0 Å². The van der Waals surface area contributed by atoms with Crippen LogP contribution in [0.1, 0.15) is 27.5 Å². The van der Waals surface area contributed by atoms with Crippen LogP contribution < -0.4 is 5.32 Å². The van der Waals surface area contributed by atoms with Crippen molar-refractivity contribution in [1.29, 1.82) is 0 Å². The Bertz CT molecular complexity index is 1220. The maximum Gasteiger partial charge on any atom is 0.255 e. The largest absolute Gasteiger partial charge is 0.361 e. The summed E-state index contributed by atoms with van der Waals surface area (Å²) in [6, 6.07) is 20.5. The highest BCUT2D eigenvalue weighted by molar-refractivity contribution is 6.03. The van der Waals surface area contributed by atoms with Crippen molar-refractivity contribution in [3.63, 3.8) is 0 Å². The molecule has 4 aromatic rings. The van der Waals surface area contributed by atoms with Gasteiger partial charge in [-0.2, -0.15) is 0 Å². The fraction of sp³-hybridized carbons (Fsp3) is 0.0870. The van der Waals surface area contributed by atoms with E-state index in [0.717, 1.165) is 22.0 Å². The minimum Gasteiger partial charge on any atom is -0.361 e. The first kappa shape index (κ1) is 17.2. The Labute approximate surface area is 167 Å². The number of anilines is 1. The molecule has 6 heteroatoms. The van der Waals surface area contributed by atoms with E-state index in [0.29, 0.717) is 11.4 Å². The second-order valence-corrected chi connectivity index (χ2v) is 6.98. The van der Waals surface area contributed by atoms with Crippen LogP contribution in [0.15, 0.2) is 79.1 Å². The van der Waals surface area contributed by atoms with Gasteiger partial charge < -0.3 is 15.2 Å². The zero-order valence-corrected chi connectivity index (χ0v) is 15.5. The number of para-hydroxylation sites is 1. The van der Waals surface area contributed by atoms with Crippen molar-refractivity contribution in [2.45, 2.75) is 6.04 Å². The van der Waals surface area contributed by atoms with E-state index < -0.39 is 0 Å². The average Bonchev–Trinajstić information content (AvgIpc) is 3.28. The predicted molar refractivity (Wildman–Crippen MR) is 110 cm³/mol. The highest BCUT2D eigenvalue weighted by Gasteiger charge is 2.39.